The summed E-state index contributed by atoms with van der Waals surface area (Å²) >= 11 is 5.90. The highest BCUT2D eigenvalue weighted by molar-refractivity contribution is 14.1. The number of benzene rings is 1. The summed E-state index contributed by atoms with van der Waals surface area (Å²) in [6.07, 6.45) is 0. The highest BCUT2D eigenvalue weighted by Crippen LogP contribution is 2.27. The van der Waals surface area contributed by atoms with Gasteiger partial charge < -0.3 is 0 Å². The van der Waals surface area contributed by atoms with Gasteiger partial charge in [0, 0.05) is 8.04 Å². The summed E-state index contributed by atoms with van der Waals surface area (Å²) in [6.45, 7) is 6.46. The summed E-state index contributed by atoms with van der Waals surface area (Å²) in [5.74, 6) is 0. The molecule has 1 aromatic carbocycles. The number of rotatable bonds is 0. The zero-order valence-electron chi connectivity index (χ0n) is 6.83. The predicted molar refractivity (Wildman–Crippen MR) is 61.1 cm³/mol. The molecule has 0 saturated heterocycles. The maximum atomic E-state index is 3.56. The van der Waals surface area contributed by atoms with Gasteiger partial charge in [0.05, 0.1) is 0 Å². The van der Waals surface area contributed by atoms with Crippen LogP contribution in [0, 0.1) is 24.3 Å². The molecular weight excluding hydrogens is 315 g/mol. The smallest absolute Gasteiger partial charge is 0.0340 e. The number of hydrogen-bond donors (Lipinski definition) is 0. The minimum atomic E-state index is 1.24. The van der Waals surface area contributed by atoms with E-state index in [9.17, 15) is 0 Å². The van der Waals surface area contributed by atoms with Crippen molar-refractivity contribution >= 4 is 38.5 Å². The summed E-state index contributed by atoms with van der Waals surface area (Å²) in [6, 6.07) is 2.20. The molecule has 0 amide bonds. The Hall–Kier alpha value is 0.430. The monoisotopic (exact) mass is 324 g/mol. The molecule has 60 valence electrons. The van der Waals surface area contributed by atoms with Gasteiger partial charge in [0.2, 0.25) is 0 Å². The molecule has 0 aliphatic rings. The number of aryl methyl sites for hydroxylation is 1. The van der Waals surface area contributed by atoms with Crippen LogP contribution in [-0.4, -0.2) is 0 Å². The molecule has 2 heteroatoms. The lowest BCUT2D eigenvalue weighted by molar-refractivity contribution is 1.23. The normalized spacial score (nSPS) is 10.3. The second kappa shape index (κ2) is 3.44. The van der Waals surface area contributed by atoms with E-state index in [1.807, 2.05) is 0 Å². The van der Waals surface area contributed by atoms with Gasteiger partial charge in [-0.1, -0.05) is 0 Å². The van der Waals surface area contributed by atoms with Crippen LogP contribution in [0.1, 0.15) is 16.7 Å². The van der Waals surface area contributed by atoms with E-state index in [0.29, 0.717) is 0 Å². The molecule has 0 aliphatic heterocycles. The standard InChI is InChI=1S/C9H10BrI/c1-5-4-8(11)9(10)7(3)6(5)2/h4H,1-3H3. The van der Waals surface area contributed by atoms with E-state index in [4.69, 9.17) is 0 Å². The Morgan fingerprint density at radius 2 is 1.73 bits per heavy atom. The first kappa shape index (κ1) is 9.52. The minimum Gasteiger partial charge on any atom is -0.0494 e. The van der Waals surface area contributed by atoms with Crippen LogP contribution in [0.5, 0.6) is 0 Å². The van der Waals surface area contributed by atoms with Crippen molar-refractivity contribution in [1.29, 1.82) is 0 Å². The van der Waals surface area contributed by atoms with Gasteiger partial charge >= 0.3 is 0 Å². The van der Waals surface area contributed by atoms with Crippen LogP contribution in [0.2, 0.25) is 0 Å². The van der Waals surface area contributed by atoms with E-state index < -0.39 is 0 Å². The third kappa shape index (κ3) is 1.78. The third-order valence-electron chi connectivity index (χ3n) is 2.04. The van der Waals surface area contributed by atoms with E-state index >= 15 is 0 Å². The van der Waals surface area contributed by atoms with Crippen molar-refractivity contribution in [3.05, 3.63) is 30.8 Å². The zero-order chi connectivity index (χ0) is 8.59. The van der Waals surface area contributed by atoms with Crippen LogP contribution >= 0.6 is 38.5 Å². The molecule has 0 nitrogen and oxygen atoms in total. The maximum Gasteiger partial charge on any atom is 0.0340 e. The van der Waals surface area contributed by atoms with E-state index in [0.717, 1.165) is 0 Å². The Morgan fingerprint density at radius 3 is 2.27 bits per heavy atom. The number of halogens is 2. The fourth-order valence-corrected chi connectivity index (χ4v) is 2.28. The molecule has 0 unspecified atom stereocenters. The largest absolute Gasteiger partial charge is 0.0494 e. The molecule has 0 aliphatic carbocycles. The van der Waals surface area contributed by atoms with Crippen molar-refractivity contribution in [2.75, 3.05) is 0 Å². The lowest BCUT2D eigenvalue weighted by atomic mass is 10.1. The molecule has 0 bridgehead atoms. The van der Waals surface area contributed by atoms with Crippen LogP contribution in [0.4, 0.5) is 0 Å². The fourth-order valence-electron chi connectivity index (χ4n) is 1.00. The lowest BCUT2D eigenvalue weighted by Gasteiger charge is -2.08. The van der Waals surface area contributed by atoms with Crippen molar-refractivity contribution in [2.24, 2.45) is 0 Å². The first-order valence-corrected chi connectivity index (χ1v) is 5.33. The van der Waals surface area contributed by atoms with Crippen LogP contribution < -0.4 is 0 Å². The Kier molecular flexibility index (Phi) is 2.97. The van der Waals surface area contributed by atoms with Crippen molar-refractivity contribution in [2.45, 2.75) is 20.8 Å². The number of hydrogen-bond acceptors (Lipinski definition) is 0. The molecule has 0 fully saturated rings. The second-order valence-corrected chi connectivity index (χ2v) is 4.69. The lowest BCUT2D eigenvalue weighted by Crippen LogP contribution is -1.90. The van der Waals surface area contributed by atoms with Gasteiger partial charge in [-0.25, -0.2) is 0 Å². The average molecular weight is 325 g/mol. The van der Waals surface area contributed by atoms with Crippen molar-refractivity contribution < 1.29 is 0 Å². The fraction of sp³-hybridized carbons (Fsp3) is 0.333. The molecule has 0 aromatic heterocycles. The molecule has 0 atom stereocenters. The van der Waals surface area contributed by atoms with Crippen LogP contribution in [0.3, 0.4) is 0 Å². The first-order valence-electron chi connectivity index (χ1n) is 3.46. The van der Waals surface area contributed by atoms with Crippen LogP contribution in [0.15, 0.2) is 10.5 Å². The Bertz CT molecular complexity index is 266. The highest BCUT2D eigenvalue weighted by Gasteiger charge is 2.04. The van der Waals surface area contributed by atoms with Crippen molar-refractivity contribution in [1.82, 2.24) is 0 Å². The van der Waals surface area contributed by atoms with Gasteiger partial charge in [0.15, 0.2) is 0 Å². The van der Waals surface area contributed by atoms with Gasteiger partial charge in [-0.3, -0.25) is 0 Å². The molecule has 0 N–H and O–H groups in total. The van der Waals surface area contributed by atoms with Crippen LogP contribution in [0.25, 0.3) is 0 Å². The van der Waals surface area contributed by atoms with Gasteiger partial charge in [0.1, 0.15) is 0 Å². The Balaban J connectivity index is 3.46. The molecule has 0 spiro atoms. The van der Waals surface area contributed by atoms with Crippen LogP contribution in [-0.2, 0) is 0 Å². The van der Waals surface area contributed by atoms with E-state index in [-0.39, 0.29) is 0 Å². The predicted octanol–water partition coefficient (Wildman–Crippen LogP) is 3.98. The SMILES string of the molecule is Cc1cc(I)c(Br)c(C)c1C. The molecule has 11 heavy (non-hydrogen) atoms. The minimum absolute atomic E-state index is 1.24. The van der Waals surface area contributed by atoms with Gasteiger partial charge in [0.25, 0.3) is 0 Å². The third-order valence-corrected chi connectivity index (χ3v) is 4.65. The van der Waals surface area contributed by atoms with Crippen molar-refractivity contribution in [3.63, 3.8) is 0 Å². The summed E-state index contributed by atoms with van der Waals surface area (Å²) in [5, 5.41) is 0. The van der Waals surface area contributed by atoms with E-state index in [1.54, 1.807) is 0 Å². The van der Waals surface area contributed by atoms with Gasteiger partial charge in [-0.15, -0.1) is 0 Å². The highest BCUT2D eigenvalue weighted by atomic mass is 127. The summed E-state index contributed by atoms with van der Waals surface area (Å²) in [4.78, 5) is 0. The quantitative estimate of drug-likeness (QED) is 0.633. The Labute approximate surface area is 89.7 Å². The second-order valence-electron chi connectivity index (χ2n) is 2.74. The van der Waals surface area contributed by atoms with Crippen molar-refractivity contribution in [3.8, 4) is 0 Å². The van der Waals surface area contributed by atoms with E-state index in [1.165, 1.54) is 24.7 Å². The first-order chi connectivity index (χ1) is 5.04. The summed E-state index contributed by atoms with van der Waals surface area (Å²) in [7, 11) is 0. The Morgan fingerprint density at radius 1 is 1.18 bits per heavy atom. The zero-order valence-corrected chi connectivity index (χ0v) is 10.6. The average Bonchev–Trinajstić information content (AvgIpc) is 1.97. The molecule has 0 radical (unpaired) electrons. The molecule has 1 rings (SSSR count). The maximum absolute atomic E-state index is 3.56. The van der Waals surface area contributed by atoms with Gasteiger partial charge in [-0.2, -0.15) is 0 Å². The molecule has 0 heterocycles. The van der Waals surface area contributed by atoms with E-state index in [2.05, 4.69) is 65.4 Å². The summed E-state index contributed by atoms with van der Waals surface area (Å²) < 4.78 is 2.53. The van der Waals surface area contributed by atoms with Gasteiger partial charge in [-0.05, 0) is 82.0 Å². The topological polar surface area (TPSA) is 0 Å². The summed E-state index contributed by atoms with van der Waals surface area (Å²) in [5.41, 5.74) is 4.11. The molecule has 1 aromatic rings. The molecular formula is C9H10BrI. The molecule has 0 saturated carbocycles.